The molecule has 29 heavy (non-hydrogen) atoms. The summed E-state index contributed by atoms with van der Waals surface area (Å²) in [5.74, 6) is 0.475. The Kier molecular flexibility index (Phi) is 5.64. The molecule has 2 aliphatic heterocycles. The fourth-order valence-electron chi connectivity index (χ4n) is 4.43. The molecule has 1 aromatic carbocycles. The molecule has 2 aromatic rings. The highest BCUT2D eigenvalue weighted by atomic mass is 35.5. The summed E-state index contributed by atoms with van der Waals surface area (Å²) in [6.07, 6.45) is 4.94. The van der Waals surface area contributed by atoms with Gasteiger partial charge in [-0.3, -0.25) is 0 Å². The van der Waals surface area contributed by atoms with Gasteiger partial charge in [-0.2, -0.15) is 0 Å². The SMILES string of the molecule is COc1ccc(F)c(-c2cnc(N3CCC4(CC3)CO[C@@H](C)C4)c(CO)n2)c1Cl. The number of piperidine rings is 1. The van der Waals surface area contributed by atoms with Crippen LogP contribution in [-0.2, 0) is 11.3 Å². The lowest BCUT2D eigenvalue weighted by atomic mass is 9.77. The van der Waals surface area contributed by atoms with Gasteiger partial charge in [0.25, 0.3) is 0 Å². The van der Waals surface area contributed by atoms with Crippen LogP contribution in [0.4, 0.5) is 10.2 Å². The van der Waals surface area contributed by atoms with E-state index in [1.165, 1.54) is 25.4 Å². The average molecular weight is 422 g/mol. The molecule has 1 aromatic heterocycles. The predicted octanol–water partition coefficient (Wildman–Crippen LogP) is 3.83. The van der Waals surface area contributed by atoms with Gasteiger partial charge in [-0.1, -0.05) is 11.6 Å². The summed E-state index contributed by atoms with van der Waals surface area (Å²) in [6, 6.07) is 2.75. The Balaban J connectivity index is 1.60. The summed E-state index contributed by atoms with van der Waals surface area (Å²) in [7, 11) is 1.47. The van der Waals surface area contributed by atoms with E-state index < -0.39 is 5.82 Å². The van der Waals surface area contributed by atoms with Crippen molar-refractivity contribution in [1.29, 1.82) is 0 Å². The predicted molar refractivity (Wildman–Crippen MR) is 109 cm³/mol. The Labute approximate surface area is 174 Å². The van der Waals surface area contributed by atoms with E-state index in [-0.39, 0.29) is 28.3 Å². The second-order valence-corrected chi connectivity index (χ2v) is 8.31. The Morgan fingerprint density at radius 1 is 1.38 bits per heavy atom. The molecule has 1 spiro atoms. The van der Waals surface area contributed by atoms with Crippen LogP contribution in [0.5, 0.6) is 5.75 Å². The first-order valence-corrected chi connectivity index (χ1v) is 10.2. The molecule has 2 fully saturated rings. The third-order valence-electron chi connectivity index (χ3n) is 6.02. The minimum Gasteiger partial charge on any atom is -0.495 e. The number of aromatic nitrogens is 2. The van der Waals surface area contributed by atoms with Gasteiger partial charge in [-0.25, -0.2) is 14.4 Å². The topological polar surface area (TPSA) is 67.7 Å². The molecule has 0 unspecified atom stereocenters. The standard InChI is InChI=1S/C21H25ClFN3O3/c1-13-9-21(12-29-13)5-7-26(8-6-21)20-16(11-27)25-15(10-24-20)18-14(23)3-4-17(28-2)19(18)22/h3-4,10,13,27H,5-9,11-12H2,1-2H3/t13-/m0/s1. The van der Waals surface area contributed by atoms with E-state index in [0.29, 0.717) is 23.4 Å². The largest absolute Gasteiger partial charge is 0.495 e. The van der Waals surface area contributed by atoms with E-state index in [9.17, 15) is 9.50 Å². The fourth-order valence-corrected chi connectivity index (χ4v) is 4.75. The molecule has 2 saturated heterocycles. The van der Waals surface area contributed by atoms with Crippen molar-refractivity contribution in [1.82, 2.24) is 9.97 Å². The summed E-state index contributed by atoms with van der Waals surface area (Å²) >= 11 is 6.30. The summed E-state index contributed by atoms with van der Waals surface area (Å²) in [4.78, 5) is 11.1. The van der Waals surface area contributed by atoms with Gasteiger partial charge in [0.15, 0.2) is 5.82 Å². The molecule has 8 heteroatoms. The highest BCUT2D eigenvalue weighted by molar-refractivity contribution is 6.34. The van der Waals surface area contributed by atoms with Gasteiger partial charge in [0.1, 0.15) is 17.3 Å². The highest BCUT2D eigenvalue weighted by Gasteiger charge is 2.41. The van der Waals surface area contributed by atoms with Gasteiger partial charge in [0.05, 0.1) is 48.9 Å². The van der Waals surface area contributed by atoms with Crippen LogP contribution in [0.2, 0.25) is 5.02 Å². The van der Waals surface area contributed by atoms with Crippen LogP contribution < -0.4 is 9.64 Å². The molecule has 6 nitrogen and oxygen atoms in total. The van der Waals surface area contributed by atoms with Gasteiger partial charge >= 0.3 is 0 Å². The van der Waals surface area contributed by atoms with Gasteiger partial charge in [0, 0.05) is 13.1 Å². The number of nitrogens with zero attached hydrogens (tertiary/aromatic N) is 3. The molecule has 0 amide bonds. The van der Waals surface area contributed by atoms with Crippen LogP contribution in [0.25, 0.3) is 11.3 Å². The van der Waals surface area contributed by atoms with Crippen LogP contribution >= 0.6 is 11.6 Å². The Bertz CT molecular complexity index is 903. The van der Waals surface area contributed by atoms with Crippen molar-refractivity contribution in [2.75, 3.05) is 31.7 Å². The number of halogens is 2. The lowest BCUT2D eigenvalue weighted by Crippen LogP contribution is -2.41. The van der Waals surface area contributed by atoms with E-state index >= 15 is 0 Å². The van der Waals surface area contributed by atoms with Crippen molar-refractivity contribution in [3.63, 3.8) is 0 Å². The van der Waals surface area contributed by atoms with E-state index in [1.807, 2.05) is 0 Å². The molecule has 1 atom stereocenters. The molecule has 3 heterocycles. The number of anilines is 1. The molecular weight excluding hydrogens is 397 g/mol. The first-order valence-electron chi connectivity index (χ1n) is 9.82. The molecule has 0 aliphatic carbocycles. The van der Waals surface area contributed by atoms with Crippen molar-refractivity contribution in [2.24, 2.45) is 5.41 Å². The first-order chi connectivity index (χ1) is 14.0. The highest BCUT2D eigenvalue weighted by Crippen LogP contribution is 2.43. The Morgan fingerprint density at radius 2 is 2.14 bits per heavy atom. The molecule has 0 bridgehead atoms. The quantitative estimate of drug-likeness (QED) is 0.809. The zero-order valence-electron chi connectivity index (χ0n) is 16.6. The summed E-state index contributed by atoms with van der Waals surface area (Å²) in [5.41, 5.74) is 1.05. The normalized spacial score (nSPS) is 21.0. The van der Waals surface area contributed by atoms with Crippen LogP contribution in [0.15, 0.2) is 18.3 Å². The number of hydrogen-bond acceptors (Lipinski definition) is 6. The number of benzene rings is 1. The first kappa shape index (κ1) is 20.3. The zero-order valence-corrected chi connectivity index (χ0v) is 17.4. The minimum absolute atomic E-state index is 0.120. The number of hydrogen-bond donors (Lipinski definition) is 1. The van der Waals surface area contributed by atoms with Crippen molar-refractivity contribution < 1.29 is 19.0 Å². The van der Waals surface area contributed by atoms with Crippen LogP contribution in [0.3, 0.4) is 0 Å². The van der Waals surface area contributed by atoms with Crippen LogP contribution in [0, 0.1) is 11.2 Å². The van der Waals surface area contributed by atoms with E-state index in [4.69, 9.17) is 21.1 Å². The molecule has 2 aliphatic rings. The minimum atomic E-state index is -0.517. The van der Waals surface area contributed by atoms with Gasteiger partial charge < -0.3 is 19.5 Å². The monoisotopic (exact) mass is 421 g/mol. The fraction of sp³-hybridized carbons (Fsp3) is 0.524. The van der Waals surface area contributed by atoms with Crippen LogP contribution in [-0.4, -0.2) is 48.0 Å². The van der Waals surface area contributed by atoms with Gasteiger partial charge in [-0.05, 0) is 43.7 Å². The van der Waals surface area contributed by atoms with Gasteiger partial charge in [-0.15, -0.1) is 0 Å². The lowest BCUT2D eigenvalue weighted by Gasteiger charge is -2.39. The van der Waals surface area contributed by atoms with Crippen LogP contribution in [0.1, 0.15) is 31.9 Å². The van der Waals surface area contributed by atoms with Crippen molar-refractivity contribution in [2.45, 2.75) is 38.9 Å². The third kappa shape index (κ3) is 3.79. The maximum atomic E-state index is 14.5. The molecule has 1 N–H and O–H groups in total. The third-order valence-corrected chi connectivity index (χ3v) is 6.40. The van der Waals surface area contributed by atoms with E-state index in [2.05, 4.69) is 21.8 Å². The lowest BCUT2D eigenvalue weighted by molar-refractivity contribution is 0.0975. The van der Waals surface area contributed by atoms with Crippen molar-refractivity contribution >= 4 is 17.4 Å². The van der Waals surface area contributed by atoms with Crippen molar-refractivity contribution in [3.05, 3.63) is 34.9 Å². The Morgan fingerprint density at radius 3 is 2.76 bits per heavy atom. The number of aliphatic hydroxyl groups excluding tert-OH is 1. The number of rotatable bonds is 4. The van der Waals surface area contributed by atoms with Crippen molar-refractivity contribution in [3.8, 4) is 17.0 Å². The second kappa shape index (κ2) is 8.05. The summed E-state index contributed by atoms with van der Waals surface area (Å²) in [5, 5.41) is 10.0. The zero-order chi connectivity index (χ0) is 20.6. The Hall–Kier alpha value is -1.96. The maximum Gasteiger partial charge on any atom is 0.152 e. The number of methoxy groups -OCH3 is 1. The van der Waals surface area contributed by atoms with E-state index in [1.54, 1.807) is 0 Å². The smallest absolute Gasteiger partial charge is 0.152 e. The molecule has 156 valence electrons. The van der Waals surface area contributed by atoms with Gasteiger partial charge in [0.2, 0.25) is 0 Å². The maximum absolute atomic E-state index is 14.5. The average Bonchev–Trinajstić information content (AvgIpc) is 3.09. The number of ether oxygens (including phenoxy) is 2. The summed E-state index contributed by atoms with van der Waals surface area (Å²) in [6.45, 7) is 4.29. The molecule has 0 saturated carbocycles. The van der Waals surface area contributed by atoms with E-state index in [0.717, 1.165) is 39.0 Å². The molecule has 0 radical (unpaired) electrons. The molecule has 4 rings (SSSR count). The summed E-state index contributed by atoms with van der Waals surface area (Å²) < 4.78 is 25.4. The number of aliphatic hydroxyl groups is 1. The molecular formula is C21H25ClFN3O3. The second-order valence-electron chi connectivity index (χ2n) is 7.94.